The molecule has 2 aromatic rings. The fourth-order valence-electron chi connectivity index (χ4n) is 2.63. The van der Waals surface area contributed by atoms with Crippen LogP contribution >= 0.6 is 0 Å². The van der Waals surface area contributed by atoms with Crippen LogP contribution in [-0.4, -0.2) is 41.3 Å². The van der Waals surface area contributed by atoms with E-state index in [2.05, 4.69) is 5.32 Å². The highest BCUT2D eigenvalue weighted by atomic mass is 32.2. The second-order valence-electron chi connectivity index (χ2n) is 6.15. The molecule has 0 aromatic heterocycles. The van der Waals surface area contributed by atoms with Crippen molar-refractivity contribution in [3.63, 3.8) is 0 Å². The summed E-state index contributed by atoms with van der Waals surface area (Å²) in [5, 5.41) is 2.68. The van der Waals surface area contributed by atoms with Crippen molar-refractivity contribution >= 4 is 27.3 Å². The zero-order chi connectivity index (χ0) is 21.6. The topological polar surface area (TPSA) is 84.9 Å². The van der Waals surface area contributed by atoms with E-state index >= 15 is 0 Å². The molecule has 0 bridgehead atoms. The molecule has 29 heavy (non-hydrogen) atoms. The van der Waals surface area contributed by atoms with Gasteiger partial charge in [0.1, 0.15) is 11.5 Å². The van der Waals surface area contributed by atoms with Crippen LogP contribution in [0.4, 0.5) is 20.2 Å². The van der Waals surface area contributed by atoms with Crippen LogP contribution in [0.25, 0.3) is 0 Å². The summed E-state index contributed by atoms with van der Waals surface area (Å²) in [6, 6.07) is 7.74. The zero-order valence-corrected chi connectivity index (χ0v) is 17.1. The number of carbonyl (C=O) groups excluding carboxylic acids is 1. The normalized spacial score (nSPS) is 11.1. The highest BCUT2D eigenvalue weighted by Crippen LogP contribution is 2.29. The highest BCUT2D eigenvalue weighted by molar-refractivity contribution is 7.92. The third-order valence-electron chi connectivity index (χ3n) is 4.04. The Labute approximate surface area is 168 Å². The molecule has 0 aliphatic heterocycles. The molecule has 158 valence electrons. The molecule has 10 heteroatoms. The monoisotopic (exact) mass is 428 g/mol. The molecule has 2 aromatic carbocycles. The van der Waals surface area contributed by atoms with Crippen molar-refractivity contribution in [3.8, 4) is 11.5 Å². The number of halogens is 2. The second-order valence-corrected chi connectivity index (χ2v) is 8.06. The van der Waals surface area contributed by atoms with Crippen molar-refractivity contribution in [1.29, 1.82) is 0 Å². The maximum atomic E-state index is 13.5. The Bertz CT molecular complexity index is 983. The van der Waals surface area contributed by atoms with E-state index in [0.29, 0.717) is 17.2 Å². The van der Waals surface area contributed by atoms with Gasteiger partial charge in [-0.05, 0) is 30.7 Å². The van der Waals surface area contributed by atoms with Crippen molar-refractivity contribution < 1.29 is 31.5 Å². The van der Waals surface area contributed by atoms with E-state index in [1.54, 1.807) is 18.2 Å². The molecule has 7 nitrogen and oxygen atoms in total. The average Bonchev–Trinajstić information content (AvgIpc) is 2.66. The van der Waals surface area contributed by atoms with Gasteiger partial charge in [-0.1, -0.05) is 0 Å². The fraction of sp³-hybridized carbons (Fsp3) is 0.316. The number of benzene rings is 2. The first-order valence-electron chi connectivity index (χ1n) is 8.60. The number of amides is 1. The van der Waals surface area contributed by atoms with E-state index in [4.69, 9.17) is 9.47 Å². The molecule has 1 N–H and O–H groups in total. The van der Waals surface area contributed by atoms with Crippen LogP contribution < -0.4 is 19.1 Å². The van der Waals surface area contributed by atoms with Gasteiger partial charge < -0.3 is 14.8 Å². The van der Waals surface area contributed by atoms with E-state index in [0.717, 1.165) is 22.7 Å². The largest absolute Gasteiger partial charge is 0.497 e. The first kappa shape index (κ1) is 22.4. The zero-order valence-electron chi connectivity index (χ0n) is 16.2. The van der Waals surface area contributed by atoms with Crippen molar-refractivity contribution in [3.05, 3.63) is 48.0 Å². The quantitative estimate of drug-likeness (QED) is 0.663. The van der Waals surface area contributed by atoms with Gasteiger partial charge in [0.25, 0.3) is 0 Å². The van der Waals surface area contributed by atoms with E-state index in [-0.39, 0.29) is 31.0 Å². The van der Waals surface area contributed by atoms with Crippen LogP contribution in [0, 0.1) is 11.6 Å². The number of carbonyl (C=O) groups is 1. The van der Waals surface area contributed by atoms with Crippen molar-refractivity contribution in [2.45, 2.75) is 12.8 Å². The molecule has 0 spiro atoms. The van der Waals surface area contributed by atoms with Gasteiger partial charge >= 0.3 is 0 Å². The van der Waals surface area contributed by atoms with E-state index in [9.17, 15) is 22.0 Å². The van der Waals surface area contributed by atoms with Crippen molar-refractivity contribution in [2.75, 3.05) is 36.6 Å². The number of ether oxygens (including phenoxy) is 2. The van der Waals surface area contributed by atoms with Crippen molar-refractivity contribution in [1.82, 2.24) is 0 Å². The molecule has 0 aliphatic carbocycles. The molecule has 0 saturated carbocycles. The van der Waals surface area contributed by atoms with Crippen molar-refractivity contribution in [2.24, 2.45) is 0 Å². The van der Waals surface area contributed by atoms with E-state index in [1.165, 1.54) is 20.3 Å². The lowest BCUT2D eigenvalue weighted by Crippen LogP contribution is -2.31. The van der Waals surface area contributed by atoms with Gasteiger partial charge in [-0.3, -0.25) is 9.10 Å². The molecule has 0 atom stereocenters. The number of methoxy groups -OCH3 is 2. The molecular weight excluding hydrogens is 406 g/mol. The lowest BCUT2D eigenvalue weighted by atomic mass is 10.2. The Balaban J connectivity index is 2.04. The number of nitrogens with zero attached hydrogens (tertiary/aromatic N) is 1. The fourth-order valence-corrected chi connectivity index (χ4v) is 3.59. The smallest absolute Gasteiger partial charge is 0.232 e. The summed E-state index contributed by atoms with van der Waals surface area (Å²) < 4.78 is 61.9. The molecule has 0 radical (unpaired) electrons. The van der Waals surface area contributed by atoms with Gasteiger partial charge in [0, 0.05) is 25.1 Å². The van der Waals surface area contributed by atoms with Crippen LogP contribution in [0.3, 0.4) is 0 Å². The summed E-state index contributed by atoms with van der Waals surface area (Å²) in [6.45, 7) is -0.0768. The predicted molar refractivity (Wildman–Crippen MR) is 106 cm³/mol. The first-order valence-corrected chi connectivity index (χ1v) is 10.4. The van der Waals surface area contributed by atoms with Crippen LogP contribution in [-0.2, 0) is 14.8 Å². The van der Waals surface area contributed by atoms with Crippen LogP contribution in [0.2, 0.25) is 0 Å². The number of hydrogen-bond donors (Lipinski definition) is 1. The number of rotatable bonds is 9. The minimum atomic E-state index is -3.75. The Morgan fingerprint density at radius 3 is 2.38 bits per heavy atom. The van der Waals surface area contributed by atoms with Gasteiger partial charge in [-0.2, -0.15) is 0 Å². The third kappa shape index (κ3) is 6.05. The molecular formula is C19H22F2N2O5S. The maximum absolute atomic E-state index is 13.5. The second kappa shape index (κ2) is 9.55. The average molecular weight is 428 g/mol. The van der Waals surface area contributed by atoms with Gasteiger partial charge in [-0.15, -0.1) is 0 Å². The minimum Gasteiger partial charge on any atom is -0.497 e. The van der Waals surface area contributed by atoms with E-state index in [1.807, 2.05) is 0 Å². The van der Waals surface area contributed by atoms with Gasteiger partial charge in [-0.25, -0.2) is 17.2 Å². The van der Waals surface area contributed by atoms with Gasteiger partial charge in [0.05, 0.1) is 31.9 Å². The van der Waals surface area contributed by atoms with E-state index < -0.39 is 21.7 Å². The summed E-state index contributed by atoms with van der Waals surface area (Å²) in [7, 11) is -0.795. The lowest BCUT2D eigenvalue weighted by Gasteiger charge is -2.22. The number of nitrogens with one attached hydrogen (secondary N) is 1. The van der Waals surface area contributed by atoms with Crippen LogP contribution in [0.15, 0.2) is 36.4 Å². The number of hydrogen-bond acceptors (Lipinski definition) is 5. The SMILES string of the molecule is COc1ccc(OC)c(NC(=O)CCCN(c2ccc(F)c(F)c2)S(C)(=O)=O)c1. The molecule has 0 saturated heterocycles. The highest BCUT2D eigenvalue weighted by Gasteiger charge is 2.19. The standard InChI is InChI=1S/C19H22F2N2O5S/c1-27-14-7-9-18(28-2)17(12-14)22-19(24)5-4-10-23(29(3,25)26)13-6-8-15(20)16(21)11-13/h6-9,11-12H,4-5,10H2,1-3H3,(H,22,24). The third-order valence-corrected chi connectivity index (χ3v) is 5.23. The molecule has 0 fully saturated rings. The minimum absolute atomic E-state index is 0.00391. The summed E-state index contributed by atoms with van der Waals surface area (Å²) in [5.74, 6) is -1.62. The summed E-state index contributed by atoms with van der Waals surface area (Å²) in [5.41, 5.74) is 0.402. The Morgan fingerprint density at radius 1 is 1.07 bits per heavy atom. The summed E-state index contributed by atoms with van der Waals surface area (Å²) >= 11 is 0. The summed E-state index contributed by atoms with van der Waals surface area (Å²) in [4.78, 5) is 12.3. The van der Waals surface area contributed by atoms with Gasteiger partial charge in [0.2, 0.25) is 15.9 Å². The number of anilines is 2. The maximum Gasteiger partial charge on any atom is 0.232 e. The molecule has 0 unspecified atom stereocenters. The Kier molecular flexibility index (Phi) is 7.38. The Morgan fingerprint density at radius 2 is 1.79 bits per heavy atom. The number of sulfonamides is 1. The lowest BCUT2D eigenvalue weighted by molar-refractivity contribution is -0.116. The predicted octanol–water partition coefficient (Wildman–Crippen LogP) is 3.17. The molecule has 0 heterocycles. The Hall–Kier alpha value is -2.88. The summed E-state index contributed by atoms with van der Waals surface area (Å²) in [6.07, 6.45) is 1.11. The molecule has 2 rings (SSSR count). The molecule has 1 amide bonds. The molecule has 0 aliphatic rings. The van der Waals surface area contributed by atoms with Gasteiger partial charge in [0.15, 0.2) is 11.6 Å². The van der Waals surface area contributed by atoms with Crippen LogP contribution in [0.5, 0.6) is 11.5 Å². The van der Waals surface area contributed by atoms with Crippen LogP contribution in [0.1, 0.15) is 12.8 Å². The first-order chi connectivity index (χ1) is 13.7.